The number of anilines is 1. The average molecular weight is 300 g/mol. The van der Waals surface area contributed by atoms with Crippen LogP contribution in [-0.4, -0.2) is 10.9 Å². The Hall–Kier alpha value is -1.89. The third-order valence-corrected chi connectivity index (χ3v) is 3.71. The molecule has 0 unspecified atom stereocenters. The zero-order valence-corrected chi connectivity index (χ0v) is 11.5. The molecule has 0 radical (unpaired) electrons. The van der Waals surface area contributed by atoms with Gasteiger partial charge in [-0.05, 0) is 38.1 Å². The van der Waals surface area contributed by atoms with E-state index in [1.54, 1.807) is 0 Å². The van der Waals surface area contributed by atoms with Crippen LogP contribution in [0.3, 0.4) is 0 Å². The molecule has 0 aliphatic rings. The van der Waals surface area contributed by atoms with Crippen LogP contribution in [0.1, 0.15) is 26.5 Å². The highest BCUT2D eigenvalue weighted by atomic mass is 32.1. The predicted octanol–water partition coefficient (Wildman–Crippen LogP) is 4.03. The van der Waals surface area contributed by atoms with Gasteiger partial charge in [-0.25, -0.2) is 4.98 Å². The highest BCUT2D eigenvalue weighted by Crippen LogP contribution is 2.29. The number of nitrogens with zero attached hydrogens (tertiary/aromatic N) is 1. The Morgan fingerprint density at radius 3 is 2.25 bits per heavy atom. The van der Waals surface area contributed by atoms with Gasteiger partial charge in [-0.3, -0.25) is 10.1 Å². The maximum Gasteiger partial charge on any atom is 0.416 e. The van der Waals surface area contributed by atoms with Crippen LogP contribution in [0.5, 0.6) is 0 Å². The number of nitrogens with one attached hydrogen (secondary N) is 1. The van der Waals surface area contributed by atoms with Crippen molar-refractivity contribution in [3.8, 4) is 0 Å². The highest BCUT2D eigenvalue weighted by molar-refractivity contribution is 7.15. The number of aromatic nitrogens is 1. The summed E-state index contributed by atoms with van der Waals surface area (Å²) in [6.07, 6.45) is -4.40. The molecule has 1 heterocycles. The monoisotopic (exact) mass is 300 g/mol. The molecule has 0 bridgehead atoms. The summed E-state index contributed by atoms with van der Waals surface area (Å²) in [5, 5.41) is 3.00. The van der Waals surface area contributed by atoms with Crippen molar-refractivity contribution in [1.29, 1.82) is 0 Å². The lowest BCUT2D eigenvalue weighted by molar-refractivity contribution is -0.137. The molecule has 106 valence electrons. The van der Waals surface area contributed by atoms with E-state index in [4.69, 9.17) is 0 Å². The second kappa shape index (κ2) is 5.24. The number of thiazole rings is 1. The lowest BCUT2D eigenvalue weighted by Gasteiger charge is -2.07. The highest BCUT2D eigenvalue weighted by Gasteiger charge is 2.30. The topological polar surface area (TPSA) is 42.0 Å². The van der Waals surface area contributed by atoms with Gasteiger partial charge in [-0.2, -0.15) is 13.2 Å². The number of hydrogen-bond acceptors (Lipinski definition) is 3. The Morgan fingerprint density at radius 1 is 1.20 bits per heavy atom. The van der Waals surface area contributed by atoms with Crippen LogP contribution in [0.15, 0.2) is 24.3 Å². The number of alkyl halides is 3. The van der Waals surface area contributed by atoms with E-state index in [0.29, 0.717) is 5.13 Å². The van der Waals surface area contributed by atoms with Gasteiger partial charge in [-0.15, -0.1) is 11.3 Å². The largest absolute Gasteiger partial charge is 0.416 e. The van der Waals surface area contributed by atoms with Gasteiger partial charge < -0.3 is 0 Å². The van der Waals surface area contributed by atoms with Crippen molar-refractivity contribution in [2.75, 3.05) is 5.32 Å². The molecule has 0 saturated carbocycles. The maximum absolute atomic E-state index is 12.4. The van der Waals surface area contributed by atoms with Crippen molar-refractivity contribution in [2.24, 2.45) is 0 Å². The Bertz CT molecular complexity index is 613. The lowest BCUT2D eigenvalue weighted by Crippen LogP contribution is -2.12. The number of hydrogen-bond donors (Lipinski definition) is 1. The molecule has 3 nitrogen and oxygen atoms in total. The summed E-state index contributed by atoms with van der Waals surface area (Å²) in [5.41, 5.74) is 0.191. The first kappa shape index (κ1) is 14.5. The van der Waals surface area contributed by atoms with Gasteiger partial charge in [0.05, 0.1) is 11.3 Å². The fraction of sp³-hybridized carbons (Fsp3) is 0.231. The van der Waals surface area contributed by atoms with Gasteiger partial charge in [0.1, 0.15) is 0 Å². The second-order valence-corrected chi connectivity index (χ2v) is 5.39. The minimum absolute atomic E-state index is 0.156. The quantitative estimate of drug-likeness (QED) is 0.909. The molecule has 0 saturated heterocycles. The summed E-state index contributed by atoms with van der Waals surface area (Å²) in [5.74, 6) is -0.479. The van der Waals surface area contributed by atoms with Crippen LogP contribution in [-0.2, 0) is 6.18 Å². The van der Waals surface area contributed by atoms with Crippen LogP contribution in [0.2, 0.25) is 0 Å². The molecule has 0 fully saturated rings. The molecular weight excluding hydrogens is 289 g/mol. The molecule has 1 aromatic heterocycles. The van der Waals surface area contributed by atoms with Crippen molar-refractivity contribution >= 4 is 22.4 Å². The van der Waals surface area contributed by atoms with Crippen LogP contribution < -0.4 is 5.32 Å². The van der Waals surface area contributed by atoms with E-state index in [0.717, 1.165) is 34.8 Å². The van der Waals surface area contributed by atoms with E-state index < -0.39 is 17.6 Å². The summed E-state index contributed by atoms with van der Waals surface area (Å²) in [6.45, 7) is 3.69. The molecule has 0 spiro atoms. The number of aryl methyl sites for hydroxylation is 2. The van der Waals surface area contributed by atoms with E-state index >= 15 is 0 Å². The van der Waals surface area contributed by atoms with Gasteiger partial charge in [0.15, 0.2) is 5.13 Å². The van der Waals surface area contributed by atoms with Crippen molar-refractivity contribution in [1.82, 2.24) is 4.98 Å². The summed E-state index contributed by atoms with van der Waals surface area (Å²) in [7, 11) is 0. The van der Waals surface area contributed by atoms with Crippen LogP contribution in [0.4, 0.5) is 18.3 Å². The summed E-state index contributed by atoms with van der Waals surface area (Å²) in [6, 6.07) is 4.05. The van der Waals surface area contributed by atoms with E-state index in [9.17, 15) is 18.0 Å². The van der Waals surface area contributed by atoms with E-state index in [1.807, 2.05) is 13.8 Å². The number of amides is 1. The normalized spacial score (nSPS) is 11.4. The average Bonchev–Trinajstić information content (AvgIpc) is 2.67. The standard InChI is InChI=1S/C13H11F3N2OS/c1-7-8(2)20-12(17-7)18-11(19)9-3-5-10(6-4-9)13(14,15)16/h3-6H,1-2H3,(H,17,18,19). The Balaban J connectivity index is 2.13. The molecule has 0 aliphatic heterocycles. The number of rotatable bonds is 2. The first-order valence-electron chi connectivity index (χ1n) is 5.70. The molecular formula is C13H11F3N2OS. The number of benzene rings is 1. The van der Waals surface area contributed by atoms with Gasteiger partial charge in [0, 0.05) is 10.4 Å². The van der Waals surface area contributed by atoms with Gasteiger partial charge in [-0.1, -0.05) is 0 Å². The zero-order chi connectivity index (χ0) is 14.9. The van der Waals surface area contributed by atoms with Gasteiger partial charge in [0.2, 0.25) is 0 Å². The molecule has 1 aromatic carbocycles. The number of carbonyl (C=O) groups is 1. The predicted molar refractivity (Wildman–Crippen MR) is 71.0 cm³/mol. The van der Waals surface area contributed by atoms with Gasteiger partial charge in [0.25, 0.3) is 5.91 Å². The van der Waals surface area contributed by atoms with Crippen LogP contribution in [0.25, 0.3) is 0 Å². The van der Waals surface area contributed by atoms with E-state index in [2.05, 4.69) is 10.3 Å². The summed E-state index contributed by atoms with van der Waals surface area (Å²) in [4.78, 5) is 17.0. The third kappa shape index (κ3) is 3.16. The Labute approximate surface area is 117 Å². The molecule has 1 amide bonds. The molecule has 1 N–H and O–H groups in total. The SMILES string of the molecule is Cc1nc(NC(=O)c2ccc(C(F)(F)F)cc2)sc1C. The van der Waals surface area contributed by atoms with Crippen molar-refractivity contribution in [3.63, 3.8) is 0 Å². The minimum atomic E-state index is -4.40. The Morgan fingerprint density at radius 2 is 1.80 bits per heavy atom. The molecule has 20 heavy (non-hydrogen) atoms. The fourth-order valence-electron chi connectivity index (χ4n) is 1.51. The van der Waals surface area contributed by atoms with Crippen molar-refractivity contribution in [3.05, 3.63) is 46.0 Å². The number of carbonyl (C=O) groups excluding carboxylic acids is 1. The fourth-order valence-corrected chi connectivity index (χ4v) is 2.32. The maximum atomic E-state index is 12.4. The first-order chi connectivity index (χ1) is 9.27. The van der Waals surface area contributed by atoms with E-state index in [1.165, 1.54) is 11.3 Å². The van der Waals surface area contributed by atoms with Crippen LogP contribution >= 0.6 is 11.3 Å². The van der Waals surface area contributed by atoms with Crippen LogP contribution in [0, 0.1) is 13.8 Å². The Kier molecular flexibility index (Phi) is 3.80. The molecule has 2 aromatic rings. The molecule has 2 rings (SSSR count). The minimum Gasteiger partial charge on any atom is -0.298 e. The first-order valence-corrected chi connectivity index (χ1v) is 6.51. The second-order valence-electron chi connectivity index (χ2n) is 4.19. The molecule has 7 heteroatoms. The van der Waals surface area contributed by atoms with E-state index in [-0.39, 0.29) is 5.56 Å². The molecule has 0 atom stereocenters. The summed E-state index contributed by atoms with van der Waals surface area (Å²) >= 11 is 1.32. The van der Waals surface area contributed by atoms with Gasteiger partial charge >= 0.3 is 6.18 Å². The summed E-state index contributed by atoms with van der Waals surface area (Å²) < 4.78 is 37.2. The zero-order valence-electron chi connectivity index (χ0n) is 10.7. The smallest absolute Gasteiger partial charge is 0.298 e. The third-order valence-electron chi connectivity index (χ3n) is 2.72. The lowest BCUT2D eigenvalue weighted by atomic mass is 10.1. The number of halogens is 3. The molecule has 0 aliphatic carbocycles. The van der Waals surface area contributed by atoms with Crippen molar-refractivity contribution < 1.29 is 18.0 Å². The van der Waals surface area contributed by atoms with Crippen molar-refractivity contribution in [2.45, 2.75) is 20.0 Å².